The lowest BCUT2D eigenvalue weighted by Crippen LogP contribution is -1.92. The number of nitrogens with zero attached hydrogens (tertiary/aromatic N) is 1. The van der Waals surface area contributed by atoms with Crippen molar-refractivity contribution in [2.75, 3.05) is 6.61 Å². The minimum Gasteiger partial charge on any atom is -0.489 e. The van der Waals surface area contributed by atoms with Gasteiger partial charge in [0, 0.05) is 0 Å². The summed E-state index contributed by atoms with van der Waals surface area (Å²) in [7, 11) is 0. The van der Waals surface area contributed by atoms with Crippen LogP contribution in [-0.4, -0.2) is 11.6 Å². The highest BCUT2D eigenvalue weighted by Gasteiger charge is 2.02. The fourth-order valence-electron chi connectivity index (χ4n) is 1.21. The van der Waals surface area contributed by atoms with Crippen molar-refractivity contribution in [3.05, 3.63) is 34.8 Å². The third kappa shape index (κ3) is 2.49. The van der Waals surface area contributed by atoms with Gasteiger partial charge in [0.2, 0.25) is 0 Å². The zero-order valence-corrected chi connectivity index (χ0v) is 9.81. The van der Waals surface area contributed by atoms with Gasteiger partial charge in [-0.15, -0.1) is 11.3 Å². The summed E-state index contributed by atoms with van der Waals surface area (Å²) < 4.78 is 7.13. The molecule has 1 aromatic heterocycles. The van der Waals surface area contributed by atoms with Gasteiger partial charge in [-0.25, -0.2) is 4.98 Å². The molecule has 0 saturated heterocycles. The monoisotopic (exact) mass is 239 g/mol. The number of thiazole rings is 1. The van der Waals surface area contributed by atoms with E-state index in [4.69, 9.17) is 16.3 Å². The van der Waals surface area contributed by atoms with Gasteiger partial charge < -0.3 is 4.74 Å². The molecular weight excluding hydrogens is 230 g/mol. The van der Waals surface area contributed by atoms with Gasteiger partial charge in [0.1, 0.15) is 12.4 Å². The molecule has 2 aromatic rings. The Balaban J connectivity index is 2.22. The SMILES string of the molecule is CC=CCOc1ccc2nc(Cl)sc2c1. The highest BCUT2D eigenvalue weighted by Crippen LogP contribution is 2.28. The van der Waals surface area contributed by atoms with Crippen LogP contribution in [0.25, 0.3) is 10.2 Å². The van der Waals surface area contributed by atoms with E-state index in [1.807, 2.05) is 37.3 Å². The van der Waals surface area contributed by atoms with Gasteiger partial charge in [-0.05, 0) is 25.1 Å². The Kier molecular flexibility index (Phi) is 3.23. The van der Waals surface area contributed by atoms with E-state index in [1.54, 1.807) is 0 Å². The first-order chi connectivity index (χ1) is 7.29. The summed E-state index contributed by atoms with van der Waals surface area (Å²) in [6.07, 6.45) is 3.92. The van der Waals surface area contributed by atoms with E-state index >= 15 is 0 Å². The predicted molar refractivity (Wildman–Crippen MR) is 64.9 cm³/mol. The van der Waals surface area contributed by atoms with Gasteiger partial charge in [0.05, 0.1) is 10.2 Å². The first kappa shape index (κ1) is 10.5. The van der Waals surface area contributed by atoms with E-state index < -0.39 is 0 Å². The molecule has 0 aliphatic rings. The lowest BCUT2D eigenvalue weighted by Gasteiger charge is -2.01. The Morgan fingerprint density at radius 3 is 3.20 bits per heavy atom. The van der Waals surface area contributed by atoms with Crippen LogP contribution in [0.3, 0.4) is 0 Å². The number of allylic oxidation sites excluding steroid dienone is 1. The number of aromatic nitrogens is 1. The van der Waals surface area contributed by atoms with Gasteiger partial charge in [-0.2, -0.15) is 0 Å². The van der Waals surface area contributed by atoms with Crippen LogP contribution in [0.1, 0.15) is 6.92 Å². The summed E-state index contributed by atoms with van der Waals surface area (Å²) in [6.45, 7) is 2.56. The number of hydrogen-bond acceptors (Lipinski definition) is 3. The predicted octanol–water partition coefficient (Wildman–Crippen LogP) is 3.90. The van der Waals surface area contributed by atoms with Crippen LogP contribution in [-0.2, 0) is 0 Å². The minimum absolute atomic E-state index is 0.565. The van der Waals surface area contributed by atoms with Gasteiger partial charge >= 0.3 is 0 Å². The van der Waals surface area contributed by atoms with E-state index in [1.165, 1.54) is 11.3 Å². The second-order valence-corrected chi connectivity index (χ2v) is 4.59. The third-order valence-corrected chi connectivity index (χ3v) is 3.04. The number of ether oxygens (including phenoxy) is 1. The smallest absolute Gasteiger partial charge is 0.184 e. The molecule has 0 radical (unpaired) electrons. The molecule has 1 heterocycles. The molecule has 0 N–H and O–H groups in total. The lowest BCUT2D eigenvalue weighted by atomic mass is 10.3. The maximum atomic E-state index is 5.82. The molecule has 0 amide bonds. The molecule has 1 aromatic carbocycles. The lowest BCUT2D eigenvalue weighted by molar-refractivity contribution is 0.363. The Morgan fingerprint density at radius 2 is 2.40 bits per heavy atom. The van der Waals surface area contributed by atoms with Gasteiger partial charge in [0.25, 0.3) is 0 Å². The number of hydrogen-bond donors (Lipinski definition) is 0. The van der Waals surface area contributed by atoms with Crippen LogP contribution in [0.2, 0.25) is 4.47 Å². The summed E-state index contributed by atoms with van der Waals surface area (Å²) >= 11 is 7.28. The van der Waals surface area contributed by atoms with E-state index in [2.05, 4.69) is 4.98 Å². The highest BCUT2D eigenvalue weighted by molar-refractivity contribution is 7.22. The molecule has 0 saturated carbocycles. The Morgan fingerprint density at radius 1 is 1.53 bits per heavy atom. The van der Waals surface area contributed by atoms with E-state index in [0.29, 0.717) is 11.1 Å². The number of fused-ring (bicyclic) bond motifs is 1. The zero-order chi connectivity index (χ0) is 10.7. The molecule has 0 unspecified atom stereocenters. The second kappa shape index (κ2) is 4.64. The largest absolute Gasteiger partial charge is 0.489 e. The van der Waals surface area contributed by atoms with Crippen molar-refractivity contribution in [3.63, 3.8) is 0 Å². The molecule has 0 atom stereocenters. The third-order valence-electron chi connectivity index (χ3n) is 1.92. The molecule has 78 valence electrons. The van der Waals surface area contributed by atoms with E-state index in [-0.39, 0.29) is 0 Å². The van der Waals surface area contributed by atoms with Crippen molar-refractivity contribution in [1.29, 1.82) is 0 Å². The molecular formula is C11H10ClNOS. The van der Waals surface area contributed by atoms with Crippen LogP contribution in [0, 0.1) is 0 Å². The topological polar surface area (TPSA) is 22.1 Å². The molecule has 0 bridgehead atoms. The highest BCUT2D eigenvalue weighted by atomic mass is 35.5. The van der Waals surface area contributed by atoms with Crippen molar-refractivity contribution >= 4 is 33.2 Å². The molecule has 0 aliphatic heterocycles. The van der Waals surface area contributed by atoms with E-state index in [9.17, 15) is 0 Å². The van der Waals surface area contributed by atoms with Gasteiger partial charge in [-0.3, -0.25) is 0 Å². The summed E-state index contributed by atoms with van der Waals surface area (Å²) in [6, 6.07) is 5.78. The van der Waals surface area contributed by atoms with Crippen LogP contribution in [0.15, 0.2) is 30.4 Å². The standard InChI is InChI=1S/C11H10ClNOS/c1-2-3-6-14-8-4-5-9-10(7-8)15-11(12)13-9/h2-5,7H,6H2,1H3. The number of rotatable bonds is 3. The van der Waals surface area contributed by atoms with Crippen molar-refractivity contribution < 1.29 is 4.74 Å². The zero-order valence-electron chi connectivity index (χ0n) is 8.24. The average Bonchev–Trinajstić information content (AvgIpc) is 2.57. The van der Waals surface area contributed by atoms with Crippen molar-refractivity contribution in [2.45, 2.75) is 6.92 Å². The van der Waals surface area contributed by atoms with Gasteiger partial charge in [-0.1, -0.05) is 23.8 Å². The first-order valence-corrected chi connectivity index (χ1v) is 5.79. The van der Waals surface area contributed by atoms with Crippen LogP contribution >= 0.6 is 22.9 Å². The first-order valence-electron chi connectivity index (χ1n) is 4.59. The molecule has 0 fully saturated rings. The number of benzene rings is 1. The minimum atomic E-state index is 0.565. The summed E-state index contributed by atoms with van der Waals surface area (Å²) in [5, 5.41) is 0. The normalized spacial score (nSPS) is 11.3. The second-order valence-electron chi connectivity index (χ2n) is 2.98. The van der Waals surface area contributed by atoms with Gasteiger partial charge in [0.15, 0.2) is 4.47 Å². The summed E-state index contributed by atoms with van der Waals surface area (Å²) in [5.74, 6) is 0.848. The average molecular weight is 240 g/mol. The number of halogens is 1. The Labute approximate surface area is 97.2 Å². The Hall–Kier alpha value is -1.06. The molecule has 4 heteroatoms. The molecule has 2 nitrogen and oxygen atoms in total. The molecule has 0 aliphatic carbocycles. The maximum absolute atomic E-state index is 5.82. The quantitative estimate of drug-likeness (QED) is 0.758. The molecule has 15 heavy (non-hydrogen) atoms. The molecule has 2 rings (SSSR count). The summed E-state index contributed by atoms with van der Waals surface area (Å²) in [4.78, 5) is 4.17. The maximum Gasteiger partial charge on any atom is 0.184 e. The van der Waals surface area contributed by atoms with Crippen LogP contribution < -0.4 is 4.74 Å². The fraction of sp³-hybridized carbons (Fsp3) is 0.182. The summed E-state index contributed by atoms with van der Waals surface area (Å²) in [5.41, 5.74) is 0.920. The van der Waals surface area contributed by atoms with E-state index in [0.717, 1.165) is 16.0 Å². The fourth-order valence-corrected chi connectivity index (χ4v) is 2.27. The van der Waals surface area contributed by atoms with Crippen molar-refractivity contribution in [1.82, 2.24) is 4.98 Å². The molecule has 0 spiro atoms. The van der Waals surface area contributed by atoms with Crippen LogP contribution in [0.4, 0.5) is 0 Å². The van der Waals surface area contributed by atoms with Crippen molar-refractivity contribution in [2.24, 2.45) is 0 Å². The Bertz CT molecular complexity index is 492. The van der Waals surface area contributed by atoms with Crippen molar-refractivity contribution in [3.8, 4) is 5.75 Å². The van der Waals surface area contributed by atoms with Crippen LogP contribution in [0.5, 0.6) is 5.75 Å².